The third-order valence-electron chi connectivity index (χ3n) is 8.52. The van der Waals surface area contributed by atoms with Gasteiger partial charge in [0.05, 0.1) is 6.10 Å². The topological polar surface area (TPSA) is 37.3 Å². The monoisotopic (exact) mass is 326 g/mol. The van der Waals surface area contributed by atoms with Crippen LogP contribution in [-0.2, 0) is 4.79 Å². The van der Waals surface area contributed by atoms with Crippen LogP contribution in [0.4, 0.5) is 8.78 Å². The lowest BCUT2D eigenvalue weighted by molar-refractivity contribution is -0.203. The van der Waals surface area contributed by atoms with Crippen LogP contribution < -0.4 is 0 Å². The van der Waals surface area contributed by atoms with Crippen LogP contribution in [0, 0.1) is 34.5 Å². The van der Waals surface area contributed by atoms with Crippen LogP contribution in [-0.4, -0.2) is 22.9 Å². The van der Waals surface area contributed by atoms with E-state index < -0.39 is 23.0 Å². The lowest BCUT2D eigenvalue weighted by Crippen LogP contribution is -2.60. The molecule has 2 nitrogen and oxygen atoms in total. The summed E-state index contributed by atoms with van der Waals surface area (Å²) in [6, 6.07) is 0. The van der Waals surface area contributed by atoms with Crippen molar-refractivity contribution in [1.82, 2.24) is 0 Å². The van der Waals surface area contributed by atoms with Gasteiger partial charge in [-0.3, -0.25) is 4.79 Å². The first-order valence-corrected chi connectivity index (χ1v) is 9.30. The first-order chi connectivity index (χ1) is 10.7. The zero-order valence-electron chi connectivity index (χ0n) is 14.2. The van der Waals surface area contributed by atoms with Gasteiger partial charge in [0.15, 0.2) is 0 Å². The van der Waals surface area contributed by atoms with Crippen molar-refractivity contribution in [3.05, 3.63) is 0 Å². The minimum atomic E-state index is -3.13. The van der Waals surface area contributed by atoms with E-state index in [0.717, 1.165) is 32.1 Å². The van der Waals surface area contributed by atoms with E-state index in [9.17, 15) is 18.7 Å². The lowest BCUT2D eigenvalue weighted by atomic mass is 9.44. The summed E-state index contributed by atoms with van der Waals surface area (Å²) in [6.07, 6.45) is 5.49. The molecule has 23 heavy (non-hydrogen) atoms. The molecule has 0 aromatic heterocycles. The molecule has 4 heteroatoms. The maximum atomic E-state index is 14.6. The molecule has 4 fully saturated rings. The molecule has 0 heterocycles. The number of halogens is 2. The predicted molar refractivity (Wildman–Crippen MR) is 83.1 cm³/mol. The third-order valence-corrected chi connectivity index (χ3v) is 8.52. The van der Waals surface area contributed by atoms with E-state index in [1.807, 2.05) is 6.92 Å². The van der Waals surface area contributed by atoms with Crippen molar-refractivity contribution >= 4 is 5.78 Å². The van der Waals surface area contributed by atoms with Crippen LogP contribution in [0.25, 0.3) is 0 Å². The fraction of sp³-hybridized carbons (Fsp3) is 0.947. The molecule has 4 aliphatic rings. The molecule has 0 radical (unpaired) electrons. The van der Waals surface area contributed by atoms with E-state index in [4.69, 9.17) is 0 Å². The molecule has 0 saturated heterocycles. The summed E-state index contributed by atoms with van der Waals surface area (Å²) < 4.78 is 29.1. The van der Waals surface area contributed by atoms with Gasteiger partial charge in [0.1, 0.15) is 0 Å². The van der Waals surface area contributed by atoms with Gasteiger partial charge >= 0.3 is 5.92 Å². The van der Waals surface area contributed by atoms with Gasteiger partial charge in [-0.15, -0.1) is 0 Å². The van der Waals surface area contributed by atoms with Crippen molar-refractivity contribution in [1.29, 1.82) is 0 Å². The SMILES string of the molecule is C[C@]12CC[C@H]3[C@@H](CCC4C(F)(F)C(=O)CC[C@@]43C)[C@@H]1CC[C@@H]2O. The Kier molecular flexibility index (Phi) is 3.32. The second kappa shape index (κ2) is 4.77. The highest BCUT2D eigenvalue weighted by Gasteiger charge is 2.66. The highest BCUT2D eigenvalue weighted by Crippen LogP contribution is 2.67. The average Bonchev–Trinajstić information content (AvgIpc) is 2.79. The van der Waals surface area contributed by atoms with Crippen molar-refractivity contribution in [2.75, 3.05) is 0 Å². The number of hydrogen-bond acceptors (Lipinski definition) is 2. The average molecular weight is 326 g/mol. The minimum absolute atomic E-state index is 0.0165. The van der Waals surface area contributed by atoms with E-state index in [0.29, 0.717) is 30.6 Å². The predicted octanol–water partition coefficient (Wildman–Crippen LogP) is 4.20. The molecular formula is C19H28F2O2. The van der Waals surface area contributed by atoms with Crippen LogP contribution in [0.15, 0.2) is 0 Å². The van der Waals surface area contributed by atoms with Gasteiger partial charge in [-0.1, -0.05) is 13.8 Å². The van der Waals surface area contributed by atoms with E-state index in [2.05, 4.69) is 6.92 Å². The van der Waals surface area contributed by atoms with Crippen LogP contribution in [0.2, 0.25) is 0 Å². The molecule has 0 bridgehead atoms. The number of ketones is 1. The zero-order chi connectivity index (χ0) is 16.6. The van der Waals surface area contributed by atoms with Crippen LogP contribution in [0.3, 0.4) is 0 Å². The van der Waals surface area contributed by atoms with Gasteiger partial charge in [0.25, 0.3) is 0 Å². The fourth-order valence-electron chi connectivity index (χ4n) is 7.13. The summed E-state index contributed by atoms with van der Waals surface area (Å²) in [5.41, 5.74) is -0.424. The number of Topliss-reactive ketones (excluding diaryl/α,β-unsaturated/α-hetero) is 1. The first kappa shape index (κ1) is 16.0. The Balaban J connectivity index is 1.68. The van der Waals surface area contributed by atoms with Crippen molar-refractivity contribution in [3.8, 4) is 0 Å². The second-order valence-corrected chi connectivity index (χ2v) is 9.20. The summed E-state index contributed by atoms with van der Waals surface area (Å²) >= 11 is 0. The van der Waals surface area contributed by atoms with Gasteiger partial charge in [0, 0.05) is 12.3 Å². The molecule has 1 N–H and O–H groups in total. The molecule has 4 aliphatic carbocycles. The summed E-state index contributed by atoms with van der Waals surface area (Å²) in [7, 11) is 0. The number of aliphatic hydroxyl groups is 1. The van der Waals surface area contributed by atoms with Gasteiger partial charge in [-0.2, -0.15) is 8.78 Å². The van der Waals surface area contributed by atoms with Crippen molar-refractivity contribution < 1.29 is 18.7 Å². The van der Waals surface area contributed by atoms with Crippen molar-refractivity contribution in [3.63, 3.8) is 0 Å². The van der Waals surface area contributed by atoms with E-state index in [1.54, 1.807) is 0 Å². The summed E-state index contributed by atoms with van der Waals surface area (Å²) in [5.74, 6) is -3.52. The highest BCUT2D eigenvalue weighted by atomic mass is 19.3. The molecule has 0 spiro atoms. The molecular weight excluding hydrogens is 298 g/mol. The standard InChI is InChI=1S/C19H28F2O2/c1-17-10-8-16(23)19(20,21)14(17)5-3-11-12-4-6-15(22)18(12,2)9-7-13(11)17/h11-15,22H,3-10H2,1-2H3/t11-,12-,13-,14?,15-,17+,18-/m0/s1. The number of rotatable bonds is 0. The molecule has 4 saturated carbocycles. The third kappa shape index (κ3) is 1.90. The Labute approximate surface area is 137 Å². The zero-order valence-corrected chi connectivity index (χ0v) is 14.2. The number of aliphatic hydroxyl groups excluding tert-OH is 1. The summed E-state index contributed by atoms with van der Waals surface area (Å²) in [6.45, 7) is 4.24. The smallest absolute Gasteiger partial charge is 0.308 e. The maximum Gasteiger partial charge on any atom is 0.308 e. The second-order valence-electron chi connectivity index (χ2n) is 9.20. The normalized spacial score (nSPS) is 55.0. The Morgan fingerprint density at radius 2 is 1.65 bits per heavy atom. The first-order valence-electron chi connectivity index (χ1n) is 9.30. The quantitative estimate of drug-likeness (QED) is 0.724. The van der Waals surface area contributed by atoms with Gasteiger partial charge in [-0.25, -0.2) is 0 Å². The number of fused-ring (bicyclic) bond motifs is 5. The molecule has 7 atom stereocenters. The summed E-state index contributed by atoms with van der Waals surface area (Å²) in [4.78, 5) is 11.8. The maximum absolute atomic E-state index is 14.6. The minimum Gasteiger partial charge on any atom is -0.393 e. The Morgan fingerprint density at radius 3 is 2.39 bits per heavy atom. The number of carbonyl (C=O) groups excluding carboxylic acids is 1. The lowest BCUT2D eigenvalue weighted by Gasteiger charge is -2.60. The fourth-order valence-corrected chi connectivity index (χ4v) is 7.13. The number of alkyl halides is 2. The van der Waals surface area contributed by atoms with Gasteiger partial charge in [-0.05, 0) is 73.5 Å². The molecule has 0 aromatic rings. The van der Waals surface area contributed by atoms with Crippen molar-refractivity contribution in [2.45, 2.75) is 77.2 Å². The van der Waals surface area contributed by atoms with Crippen LogP contribution >= 0.6 is 0 Å². The highest BCUT2D eigenvalue weighted by molar-refractivity contribution is 5.87. The molecule has 1 unspecified atom stereocenters. The Morgan fingerprint density at radius 1 is 0.957 bits per heavy atom. The largest absolute Gasteiger partial charge is 0.393 e. The van der Waals surface area contributed by atoms with Crippen LogP contribution in [0.5, 0.6) is 0 Å². The Hall–Kier alpha value is -0.510. The molecule has 0 amide bonds. The number of hydrogen-bond donors (Lipinski definition) is 1. The van der Waals surface area contributed by atoms with E-state index in [1.165, 1.54) is 0 Å². The van der Waals surface area contributed by atoms with Gasteiger partial charge < -0.3 is 5.11 Å². The van der Waals surface area contributed by atoms with E-state index >= 15 is 0 Å². The van der Waals surface area contributed by atoms with Crippen LogP contribution in [0.1, 0.15) is 65.2 Å². The molecule has 4 rings (SSSR count). The number of carbonyl (C=O) groups is 1. The molecule has 130 valence electrons. The molecule has 0 aliphatic heterocycles. The Bertz CT molecular complexity index is 533. The van der Waals surface area contributed by atoms with E-state index in [-0.39, 0.29) is 17.9 Å². The summed E-state index contributed by atoms with van der Waals surface area (Å²) in [5, 5.41) is 10.4. The molecule has 0 aromatic carbocycles. The van der Waals surface area contributed by atoms with Crippen molar-refractivity contribution in [2.24, 2.45) is 34.5 Å². The van der Waals surface area contributed by atoms with Gasteiger partial charge in [0.2, 0.25) is 5.78 Å².